The third kappa shape index (κ3) is 6.39. The van der Waals surface area contributed by atoms with Crippen molar-refractivity contribution in [2.24, 2.45) is 0 Å². The van der Waals surface area contributed by atoms with Gasteiger partial charge in [0.1, 0.15) is 11.6 Å². The molecule has 1 N–H and O–H groups in total. The van der Waals surface area contributed by atoms with Gasteiger partial charge in [-0.2, -0.15) is 4.37 Å². The Morgan fingerprint density at radius 2 is 1.81 bits per heavy atom. The highest BCUT2D eigenvalue weighted by molar-refractivity contribution is 7.09. The van der Waals surface area contributed by atoms with Crippen LogP contribution in [0.2, 0.25) is 0 Å². The summed E-state index contributed by atoms with van der Waals surface area (Å²) in [6.07, 6.45) is 1.19. The first-order chi connectivity index (χ1) is 15.0. The van der Waals surface area contributed by atoms with Crippen molar-refractivity contribution in [2.75, 3.05) is 39.3 Å². The first-order valence-electron chi connectivity index (χ1n) is 9.74. The van der Waals surface area contributed by atoms with Crippen LogP contribution >= 0.6 is 11.5 Å². The SMILES string of the molecule is COc1ccc(CCNC(=O)CN(C)c2nc(Cc3ccc(F)cc3)ns2)cc1OC. The number of methoxy groups -OCH3 is 2. The minimum atomic E-state index is -0.271. The number of rotatable bonds is 10. The summed E-state index contributed by atoms with van der Waals surface area (Å²) in [7, 11) is 4.99. The third-order valence-corrected chi connectivity index (χ3v) is 5.49. The van der Waals surface area contributed by atoms with Crippen molar-refractivity contribution in [3.8, 4) is 11.5 Å². The highest BCUT2D eigenvalue weighted by Gasteiger charge is 2.13. The lowest BCUT2D eigenvalue weighted by Crippen LogP contribution is -2.36. The fraction of sp³-hybridized carbons (Fsp3) is 0.318. The summed E-state index contributed by atoms with van der Waals surface area (Å²) in [5.74, 6) is 1.62. The molecule has 1 heterocycles. The van der Waals surface area contributed by atoms with Crippen molar-refractivity contribution in [1.82, 2.24) is 14.7 Å². The topological polar surface area (TPSA) is 76.6 Å². The largest absolute Gasteiger partial charge is 0.493 e. The first-order valence-corrected chi connectivity index (χ1v) is 10.5. The van der Waals surface area contributed by atoms with E-state index in [1.54, 1.807) is 38.3 Å². The maximum Gasteiger partial charge on any atom is 0.239 e. The molecule has 7 nitrogen and oxygen atoms in total. The van der Waals surface area contributed by atoms with Crippen LogP contribution in [0.15, 0.2) is 42.5 Å². The lowest BCUT2D eigenvalue weighted by Gasteiger charge is -2.15. The number of benzene rings is 2. The van der Waals surface area contributed by atoms with Gasteiger partial charge in [0, 0.05) is 31.5 Å². The van der Waals surface area contributed by atoms with Crippen LogP contribution in [0.25, 0.3) is 0 Å². The molecule has 0 aliphatic carbocycles. The maximum absolute atomic E-state index is 13.0. The second-order valence-electron chi connectivity index (χ2n) is 6.94. The molecule has 3 rings (SSSR count). The van der Waals surface area contributed by atoms with Crippen molar-refractivity contribution in [2.45, 2.75) is 12.8 Å². The van der Waals surface area contributed by atoms with Gasteiger partial charge < -0.3 is 19.7 Å². The van der Waals surface area contributed by atoms with Gasteiger partial charge in [0.2, 0.25) is 11.0 Å². The number of amides is 1. The summed E-state index contributed by atoms with van der Waals surface area (Å²) >= 11 is 1.24. The van der Waals surface area contributed by atoms with Crippen LogP contribution in [0.4, 0.5) is 9.52 Å². The van der Waals surface area contributed by atoms with Gasteiger partial charge in [-0.25, -0.2) is 9.37 Å². The van der Waals surface area contributed by atoms with E-state index in [0.29, 0.717) is 41.8 Å². The molecule has 3 aromatic rings. The minimum absolute atomic E-state index is 0.0988. The zero-order valence-electron chi connectivity index (χ0n) is 17.7. The van der Waals surface area contributed by atoms with Crippen LogP contribution in [0.1, 0.15) is 17.0 Å². The van der Waals surface area contributed by atoms with Gasteiger partial charge in [-0.1, -0.05) is 18.2 Å². The van der Waals surface area contributed by atoms with Gasteiger partial charge in [-0.3, -0.25) is 4.79 Å². The van der Waals surface area contributed by atoms with Gasteiger partial charge in [0.25, 0.3) is 0 Å². The second-order valence-corrected chi connectivity index (χ2v) is 7.67. The summed E-state index contributed by atoms with van der Waals surface area (Å²) in [6, 6.07) is 12.0. The van der Waals surface area contributed by atoms with Gasteiger partial charge >= 0.3 is 0 Å². The summed E-state index contributed by atoms with van der Waals surface area (Å²) in [5.41, 5.74) is 1.97. The van der Waals surface area contributed by atoms with Crippen LogP contribution in [-0.4, -0.2) is 49.6 Å². The van der Waals surface area contributed by atoms with Crippen LogP contribution in [0, 0.1) is 5.82 Å². The minimum Gasteiger partial charge on any atom is -0.493 e. The number of hydrogen-bond acceptors (Lipinski definition) is 7. The smallest absolute Gasteiger partial charge is 0.239 e. The number of ether oxygens (including phenoxy) is 2. The number of nitrogens with zero attached hydrogens (tertiary/aromatic N) is 3. The number of nitrogens with one attached hydrogen (secondary N) is 1. The summed E-state index contributed by atoms with van der Waals surface area (Å²) in [4.78, 5) is 18.5. The number of hydrogen-bond donors (Lipinski definition) is 1. The zero-order chi connectivity index (χ0) is 22.2. The van der Waals surface area contributed by atoms with Gasteiger partial charge in [0.05, 0.1) is 20.8 Å². The molecule has 9 heteroatoms. The summed E-state index contributed by atoms with van der Waals surface area (Å²) < 4.78 is 27.9. The molecule has 164 valence electrons. The molecule has 0 aliphatic heterocycles. The van der Waals surface area contributed by atoms with Crippen LogP contribution in [-0.2, 0) is 17.6 Å². The molecule has 1 aromatic heterocycles. The fourth-order valence-electron chi connectivity index (χ4n) is 2.98. The molecule has 0 bridgehead atoms. The van der Waals surface area contributed by atoms with Crippen molar-refractivity contribution in [1.29, 1.82) is 0 Å². The summed E-state index contributed by atoms with van der Waals surface area (Å²) in [6.45, 7) is 0.686. The fourth-order valence-corrected chi connectivity index (χ4v) is 3.62. The van der Waals surface area contributed by atoms with E-state index in [1.165, 1.54) is 23.7 Å². The molecule has 0 radical (unpaired) electrons. The number of carbonyl (C=O) groups excluding carboxylic acids is 1. The predicted molar refractivity (Wildman–Crippen MR) is 119 cm³/mol. The maximum atomic E-state index is 13.0. The Morgan fingerprint density at radius 3 is 2.52 bits per heavy atom. The van der Waals surface area contributed by atoms with Gasteiger partial charge in [-0.15, -0.1) is 0 Å². The molecular weight excluding hydrogens is 419 g/mol. The molecule has 0 saturated heterocycles. The molecule has 0 spiro atoms. The summed E-state index contributed by atoms with van der Waals surface area (Å²) in [5, 5.41) is 3.58. The Bertz CT molecular complexity index is 1010. The molecular formula is C22H25FN4O3S. The van der Waals surface area contributed by atoms with E-state index in [2.05, 4.69) is 14.7 Å². The van der Waals surface area contributed by atoms with E-state index in [1.807, 2.05) is 18.2 Å². The van der Waals surface area contributed by atoms with E-state index in [4.69, 9.17) is 9.47 Å². The van der Waals surface area contributed by atoms with E-state index in [-0.39, 0.29) is 18.3 Å². The second kappa shape index (κ2) is 10.7. The molecule has 0 atom stereocenters. The standard InChI is InChI=1S/C22H25FN4O3S/c1-27(22-25-20(26-31-22)13-15-4-7-17(23)8-5-15)14-21(28)24-11-10-16-6-9-18(29-2)19(12-16)30-3/h4-9,12H,10-11,13-14H2,1-3H3,(H,24,28). The van der Waals surface area contributed by atoms with Gasteiger partial charge in [-0.05, 0) is 41.8 Å². The Balaban J connectivity index is 1.46. The average Bonchev–Trinajstić information content (AvgIpc) is 3.24. The molecule has 0 saturated carbocycles. The van der Waals surface area contributed by atoms with E-state index in [0.717, 1.165) is 11.1 Å². The van der Waals surface area contributed by atoms with E-state index < -0.39 is 0 Å². The monoisotopic (exact) mass is 444 g/mol. The van der Waals surface area contributed by atoms with E-state index in [9.17, 15) is 9.18 Å². The molecule has 31 heavy (non-hydrogen) atoms. The van der Waals surface area contributed by atoms with Crippen molar-refractivity contribution < 1.29 is 18.7 Å². The third-order valence-electron chi connectivity index (χ3n) is 4.62. The normalized spacial score (nSPS) is 10.6. The molecule has 2 aromatic carbocycles. The highest BCUT2D eigenvalue weighted by Crippen LogP contribution is 2.27. The average molecular weight is 445 g/mol. The number of anilines is 1. The van der Waals surface area contributed by atoms with Crippen molar-refractivity contribution in [3.05, 3.63) is 65.2 Å². The quantitative estimate of drug-likeness (QED) is 0.518. The number of likely N-dealkylation sites (N-methyl/N-ethyl adjacent to an activating group) is 1. The zero-order valence-corrected chi connectivity index (χ0v) is 18.5. The first kappa shape index (κ1) is 22.5. The van der Waals surface area contributed by atoms with Crippen LogP contribution < -0.4 is 19.7 Å². The lowest BCUT2D eigenvalue weighted by molar-refractivity contribution is -0.119. The van der Waals surface area contributed by atoms with Crippen molar-refractivity contribution >= 4 is 22.6 Å². The number of aromatic nitrogens is 2. The van der Waals surface area contributed by atoms with Crippen LogP contribution in [0.3, 0.4) is 0 Å². The van der Waals surface area contributed by atoms with Crippen LogP contribution in [0.5, 0.6) is 11.5 Å². The molecule has 0 unspecified atom stereocenters. The Labute approximate surface area is 185 Å². The lowest BCUT2D eigenvalue weighted by atomic mass is 10.1. The highest BCUT2D eigenvalue weighted by atomic mass is 32.1. The Hall–Kier alpha value is -3.20. The van der Waals surface area contributed by atoms with Gasteiger partial charge in [0.15, 0.2) is 11.5 Å². The van der Waals surface area contributed by atoms with Crippen molar-refractivity contribution in [3.63, 3.8) is 0 Å². The predicted octanol–water partition coefficient (Wildman–Crippen LogP) is 3.08. The Morgan fingerprint density at radius 1 is 1.10 bits per heavy atom. The molecule has 0 fully saturated rings. The molecule has 0 aliphatic rings. The molecule has 1 amide bonds. The number of halogens is 1. The Kier molecular flexibility index (Phi) is 7.77. The van der Waals surface area contributed by atoms with E-state index >= 15 is 0 Å². The number of carbonyl (C=O) groups is 1.